The van der Waals surface area contributed by atoms with Gasteiger partial charge in [0.25, 0.3) is 0 Å². The number of benzene rings is 1. The highest BCUT2D eigenvalue weighted by Crippen LogP contribution is 2.18. The second-order valence-electron chi connectivity index (χ2n) is 4.95. The van der Waals surface area contributed by atoms with E-state index in [1.165, 1.54) is 6.07 Å². The van der Waals surface area contributed by atoms with Crippen LogP contribution in [-0.2, 0) is 11.3 Å². The van der Waals surface area contributed by atoms with Crippen LogP contribution in [0.1, 0.15) is 32.3 Å². The summed E-state index contributed by atoms with van der Waals surface area (Å²) in [5.41, 5.74) is 0.838. The Labute approximate surface area is 161 Å². The van der Waals surface area contributed by atoms with Crippen LogP contribution in [0.4, 0.5) is 4.39 Å². The van der Waals surface area contributed by atoms with Gasteiger partial charge in [0.1, 0.15) is 0 Å². The van der Waals surface area contributed by atoms with Crippen LogP contribution in [0.15, 0.2) is 23.2 Å². The van der Waals surface area contributed by atoms with Gasteiger partial charge in [-0.3, -0.25) is 4.99 Å². The Morgan fingerprint density at radius 3 is 2.58 bits per heavy atom. The van der Waals surface area contributed by atoms with Crippen LogP contribution in [-0.4, -0.2) is 39.4 Å². The summed E-state index contributed by atoms with van der Waals surface area (Å²) in [4.78, 5) is 4.15. The molecule has 0 atom stereocenters. The molecule has 138 valence electrons. The molecule has 0 aliphatic carbocycles. The smallest absolute Gasteiger partial charge is 0.191 e. The molecule has 0 heterocycles. The van der Waals surface area contributed by atoms with E-state index in [1.807, 2.05) is 19.9 Å². The number of hydrogen-bond acceptors (Lipinski definition) is 3. The van der Waals surface area contributed by atoms with Gasteiger partial charge in [-0.25, -0.2) is 4.39 Å². The second-order valence-corrected chi connectivity index (χ2v) is 4.95. The Morgan fingerprint density at radius 2 is 1.96 bits per heavy atom. The van der Waals surface area contributed by atoms with Gasteiger partial charge in [0, 0.05) is 33.4 Å². The highest BCUT2D eigenvalue weighted by Gasteiger charge is 2.05. The molecule has 0 fully saturated rings. The lowest BCUT2D eigenvalue weighted by atomic mass is 10.2. The molecule has 5 nitrogen and oxygen atoms in total. The van der Waals surface area contributed by atoms with E-state index >= 15 is 0 Å². The third-order valence-electron chi connectivity index (χ3n) is 3.19. The van der Waals surface area contributed by atoms with Crippen LogP contribution < -0.4 is 15.4 Å². The van der Waals surface area contributed by atoms with Crippen molar-refractivity contribution in [3.8, 4) is 5.75 Å². The maximum Gasteiger partial charge on any atom is 0.191 e. The van der Waals surface area contributed by atoms with Crippen molar-refractivity contribution in [1.29, 1.82) is 0 Å². The lowest BCUT2D eigenvalue weighted by molar-refractivity contribution is 0.143. The minimum atomic E-state index is -0.343. The van der Waals surface area contributed by atoms with Crippen LogP contribution in [0.3, 0.4) is 0 Å². The van der Waals surface area contributed by atoms with Crippen molar-refractivity contribution in [3.05, 3.63) is 29.6 Å². The predicted molar refractivity (Wildman–Crippen MR) is 107 cm³/mol. The number of guanidine groups is 1. The number of hydrogen-bond donors (Lipinski definition) is 2. The molecule has 1 aromatic carbocycles. The third kappa shape index (κ3) is 9.27. The molecule has 0 unspecified atom stereocenters. The van der Waals surface area contributed by atoms with Gasteiger partial charge in [-0.2, -0.15) is 0 Å². The van der Waals surface area contributed by atoms with E-state index in [0.717, 1.165) is 38.2 Å². The zero-order valence-electron chi connectivity index (χ0n) is 14.7. The summed E-state index contributed by atoms with van der Waals surface area (Å²) in [5, 5.41) is 6.39. The highest BCUT2D eigenvalue weighted by atomic mass is 127. The quantitative estimate of drug-likeness (QED) is 0.247. The molecule has 0 aliphatic rings. The molecule has 0 aliphatic heterocycles. The van der Waals surface area contributed by atoms with Crippen molar-refractivity contribution >= 4 is 29.9 Å². The summed E-state index contributed by atoms with van der Waals surface area (Å²) in [5.74, 6) is 0.647. The van der Waals surface area contributed by atoms with E-state index in [4.69, 9.17) is 9.47 Å². The fraction of sp³-hybridized carbons (Fsp3) is 0.588. The normalized spacial score (nSPS) is 10.9. The van der Waals surface area contributed by atoms with E-state index in [2.05, 4.69) is 15.6 Å². The van der Waals surface area contributed by atoms with E-state index in [9.17, 15) is 4.39 Å². The first kappa shape index (κ1) is 22.9. The van der Waals surface area contributed by atoms with Crippen molar-refractivity contribution in [2.24, 2.45) is 4.99 Å². The number of halogens is 2. The molecule has 0 saturated heterocycles. The molecule has 0 radical (unpaired) electrons. The Bertz CT molecular complexity index is 487. The fourth-order valence-electron chi connectivity index (χ4n) is 2.01. The highest BCUT2D eigenvalue weighted by molar-refractivity contribution is 14.0. The first-order valence-electron chi connectivity index (χ1n) is 8.14. The van der Waals surface area contributed by atoms with Crippen LogP contribution >= 0.6 is 24.0 Å². The fourth-order valence-corrected chi connectivity index (χ4v) is 2.01. The molecule has 0 saturated carbocycles. The molecule has 7 heteroatoms. The van der Waals surface area contributed by atoms with Crippen LogP contribution in [0.25, 0.3) is 0 Å². The van der Waals surface area contributed by atoms with E-state index in [0.29, 0.717) is 19.1 Å². The number of ether oxygens (including phenoxy) is 2. The van der Waals surface area contributed by atoms with Crippen molar-refractivity contribution in [3.63, 3.8) is 0 Å². The number of nitrogens with zero attached hydrogens (tertiary/aromatic N) is 1. The van der Waals surface area contributed by atoms with Gasteiger partial charge in [-0.05, 0) is 44.4 Å². The van der Waals surface area contributed by atoms with E-state index in [1.54, 1.807) is 13.1 Å². The van der Waals surface area contributed by atoms with E-state index < -0.39 is 0 Å². The summed E-state index contributed by atoms with van der Waals surface area (Å²) >= 11 is 0. The first-order chi connectivity index (χ1) is 11.2. The van der Waals surface area contributed by atoms with Crippen LogP contribution in [0.2, 0.25) is 0 Å². The third-order valence-corrected chi connectivity index (χ3v) is 3.19. The van der Waals surface area contributed by atoms with Gasteiger partial charge in [0.05, 0.1) is 6.61 Å². The molecular weight excluding hydrogens is 424 g/mol. The molecule has 24 heavy (non-hydrogen) atoms. The van der Waals surface area contributed by atoms with Crippen LogP contribution in [0.5, 0.6) is 5.75 Å². The number of rotatable bonds is 10. The minimum Gasteiger partial charge on any atom is -0.491 e. The van der Waals surface area contributed by atoms with E-state index in [-0.39, 0.29) is 35.5 Å². The zero-order valence-corrected chi connectivity index (χ0v) is 17.1. The van der Waals surface area contributed by atoms with Gasteiger partial charge in [-0.1, -0.05) is 6.07 Å². The van der Waals surface area contributed by atoms with Crippen molar-refractivity contribution < 1.29 is 13.9 Å². The van der Waals surface area contributed by atoms with Gasteiger partial charge >= 0.3 is 0 Å². The molecule has 1 rings (SSSR count). The lowest BCUT2D eigenvalue weighted by Gasteiger charge is -2.12. The second kappa shape index (κ2) is 14.3. The van der Waals surface area contributed by atoms with Gasteiger partial charge in [0.15, 0.2) is 17.5 Å². The Kier molecular flexibility index (Phi) is 13.6. The summed E-state index contributed by atoms with van der Waals surface area (Å²) in [6, 6.07) is 4.98. The molecular formula is C17H29FIN3O2. The Hall–Kier alpha value is -1.09. The molecule has 0 amide bonds. The maximum absolute atomic E-state index is 13.8. The van der Waals surface area contributed by atoms with Crippen molar-refractivity contribution in [1.82, 2.24) is 10.6 Å². The average Bonchev–Trinajstić information content (AvgIpc) is 2.56. The molecule has 2 N–H and O–H groups in total. The molecule has 0 spiro atoms. The summed E-state index contributed by atoms with van der Waals surface area (Å²) < 4.78 is 24.3. The molecule has 1 aromatic rings. The van der Waals surface area contributed by atoms with Gasteiger partial charge < -0.3 is 20.1 Å². The Morgan fingerprint density at radius 1 is 1.17 bits per heavy atom. The standard InChI is InChI=1S/C17H28FN3O2.HI/c1-4-22-11-7-6-10-20-17(19-3)21-13-14-8-9-16(23-5-2)15(18)12-14;/h8-9,12H,4-7,10-11,13H2,1-3H3,(H2,19,20,21);1H. The first-order valence-corrected chi connectivity index (χ1v) is 8.14. The summed E-state index contributed by atoms with van der Waals surface area (Å²) in [7, 11) is 1.72. The maximum atomic E-state index is 13.8. The monoisotopic (exact) mass is 453 g/mol. The van der Waals surface area contributed by atoms with Crippen LogP contribution in [0, 0.1) is 5.82 Å². The molecule has 0 aromatic heterocycles. The average molecular weight is 453 g/mol. The van der Waals surface area contributed by atoms with Crippen molar-refractivity contribution in [2.75, 3.05) is 33.4 Å². The topological polar surface area (TPSA) is 54.9 Å². The lowest BCUT2D eigenvalue weighted by Crippen LogP contribution is -2.37. The summed E-state index contributed by atoms with van der Waals surface area (Å²) in [6.07, 6.45) is 2.03. The summed E-state index contributed by atoms with van der Waals surface area (Å²) in [6.45, 7) is 7.15. The van der Waals surface area contributed by atoms with Gasteiger partial charge in [-0.15, -0.1) is 24.0 Å². The number of nitrogens with one attached hydrogen (secondary N) is 2. The largest absolute Gasteiger partial charge is 0.491 e. The SMILES string of the molecule is CCOCCCCNC(=NC)NCc1ccc(OCC)c(F)c1.I. The molecule has 0 bridgehead atoms. The Balaban J connectivity index is 0.00000529. The number of unbranched alkanes of at least 4 members (excludes halogenated alkanes) is 1. The zero-order chi connectivity index (χ0) is 16.9. The predicted octanol–water partition coefficient (Wildman–Crippen LogP) is 3.32. The minimum absolute atomic E-state index is 0. The van der Waals surface area contributed by atoms with Gasteiger partial charge in [0.2, 0.25) is 0 Å². The van der Waals surface area contributed by atoms with Crippen molar-refractivity contribution in [2.45, 2.75) is 33.2 Å². The number of aliphatic imine (C=N–C) groups is 1.